The fraction of sp³-hybridized carbons (Fsp3) is 0.895. The summed E-state index contributed by atoms with van der Waals surface area (Å²) in [6.07, 6.45) is 12.2. The van der Waals surface area contributed by atoms with Crippen LogP contribution in [0.25, 0.3) is 0 Å². The van der Waals surface area contributed by atoms with E-state index in [1.807, 2.05) is 0 Å². The van der Waals surface area contributed by atoms with Crippen LogP contribution in [0, 0.1) is 0 Å². The van der Waals surface area contributed by atoms with Crippen molar-refractivity contribution in [1.29, 1.82) is 0 Å². The van der Waals surface area contributed by atoms with Gasteiger partial charge in [0.05, 0.1) is 0 Å². The molecule has 0 aromatic carbocycles. The Morgan fingerprint density at radius 2 is 1.12 bits per heavy atom. The van der Waals surface area contributed by atoms with Gasteiger partial charge >= 0.3 is 5.97 Å². The maximum absolute atomic E-state index is 11.7. The lowest BCUT2D eigenvalue weighted by atomic mass is 10.0. The average molecular weight is 359 g/mol. The largest absolute Gasteiger partial charge is 0.481 e. The molecular formula is C19H38O4Si. The molecule has 0 bridgehead atoms. The minimum Gasteiger partial charge on any atom is -0.481 e. The normalized spacial score (nSPS) is 11.6. The van der Waals surface area contributed by atoms with E-state index in [0.29, 0.717) is 18.6 Å². The van der Waals surface area contributed by atoms with Gasteiger partial charge in [-0.3, -0.25) is 9.59 Å². The lowest BCUT2D eigenvalue weighted by molar-refractivity contribution is -0.137. The molecule has 4 nitrogen and oxygen atoms in total. The summed E-state index contributed by atoms with van der Waals surface area (Å²) in [7, 11) is -1.34. The second-order valence-electron chi connectivity index (χ2n) is 7.68. The molecule has 0 aliphatic rings. The van der Waals surface area contributed by atoms with Crippen molar-refractivity contribution >= 4 is 20.1 Å². The highest BCUT2D eigenvalue weighted by atomic mass is 28.4. The third-order valence-corrected chi connectivity index (χ3v) is 5.05. The number of rotatable bonds is 17. The standard InChI is InChI=1S/C19H38O4Si/c1-24(2,3)23-17-13-9-5-4-6-10-14-18(20)15-11-7-8-12-16-19(21)22/h4-17H2,1-3H3,(H,21,22). The van der Waals surface area contributed by atoms with Crippen molar-refractivity contribution in [2.45, 2.75) is 103 Å². The molecule has 0 heterocycles. The SMILES string of the molecule is C[Si](C)(C)OCCCCCCCCC(=O)CCCCCCC(=O)O. The summed E-state index contributed by atoms with van der Waals surface area (Å²) in [5.74, 6) is -0.355. The van der Waals surface area contributed by atoms with Gasteiger partial charge in [0, 0.05) is 25.9 Å². The van der Waals surface area contributed by atoms with Crippen molar-refractivity contribution in [3.05, 3.63) is 0 Å². The monoisotopic (exact) mass is 358 g/mol. The fourth-order valence-electron chi connectivity index (χ4n) is 2.59. The first-order valence-electron chi connectivity index (χ1n) is 9.69. The van der Waals surface area contributed by atoms with E-state index in [-0.39, 0.29) is 6.42 Å². The Balaban J connectivity index is 3.25. The molecule has 0 atom stereocenters. The molecular weight excluding hydrogens is 320 g/mol. The van der Waals surface area contributed by atoms with Crippen LogP contribution in [-0.4, -0.2) is 31.8 Å². The van der Waals surface area contributed by atoms with Gasteiger partial charge in [-0.15, -0.1) is 0 Å². The Kier molecular flexibility index (Phi) is 14.2. The Morgan fingerprint density at radius 3 is 1.58 bits per heavy atom. The van der Waals surface area contributed by atoms with E-state index in [1.54, 1.807) is 0 Å². The Labute approximate surface area is 149 Å². The zero-order valence-electron chi connectivity index (χ0n) is 16.1. The van der Waals surface area contributed by atoms with Crippen molar-refractivity contribution < 1.29 is 19.1 Å². The van der Waals surface area contributed by atoms with Gasteiger partial charge in [-0.1, -0.05) is 38.5 Å². The first-order valence-corrected chi connectivity index (χ1v) is 13.1. The lowest BCUT2D eigenvalue weighted by Crippen LogP contribution is -2.25. The quantitative estimate of drug-likeness (QED) is 0.273. The number of hydrogen-bond acceptors (Lipinski definition) is 3. The molecule has 0 aliphatic carbocycles. The Bertz CT molecular complexity index is 337. The number of Topliss-reactive ketones (excluding diaryl/α,β-unsaturated/α-hetero) is 1. The van der Waals surface area contributed by atoms with Gasteiger partial charge in [0.15, 0.2) is 8.32 Å². The molecule has 0 radical (unpaired) electrons. The summed E-state index contributed by atoms with van der Waals surface area (Å²) in [5, 5.41) is 8.53. The van der Waals surface area contributed by atoms with E-state index in [9.17, 15) is 9.59 Å². The minimum atomic E-state index is -1.34. The molecule has 0 spiro atoms. The van der Waals surface area contributed by atoms with Crippen LogP contribution in [0.2, 0.25) is 19.6 Å². The van der Waals surface area contributed by atoms with Crippen LogP contribution in [0.5, 0.6) is 0 Å². The van der Waals surface area contributed by atoms with Crippen molar-refractivity contribution in [2.24, 2.45) is 0 Å². The Hall–Kier alpha value is -0.683. The molecule has 0 aromatic rings. The van der Waals surface area contributed by atoms with Gasteiger partial charge in [-0.2, -0.15) is 0 Å². The highest BCUT2D eigenvalue weighted by molar-refractivity contribution is 6.69. The Morgan fingerprint density at radius 1 is 0.708 bits per heavy atom. The summed E-state index contributed by atoms with van der Waals surface area (Å²) >= 11 is 0. The molecule has 1 N–H and O–H groups in total. The molecule has 0 rings (SSSR count). The van der Waals surface area contributed by atoms with Crippen molar-refractivity contribution in [3.8, 4) is 0 Å². The minimum absolute atomic E-state index is 0.248. The number of carboxylic acid groups (broad SMARTS) is 1. The van der Waals surface area contributed by atoms with Crippen molar-refractivity contribution in [1.82, 2.24) is 0 Å². The number of carbonyl (C=O) groups is 2. The molecule has 5 heteroatoms. The second-order valence-corrected chi connectivity index (χ2v) is 12.2. The van der Waals surface area contributed by atoms with E-state index in [2.05, 4.69) is 19.6 Å². The van der Waals surface area contributed by atoms with Crippen LogP contribution >= 0.6 is 0 Å². The van der Waals surface area contributed by atoms with Gasteiger partial charge in [-0.05, 0) is 45.3 Å². The van der Waals surface area contributed by atoms with Crippen LogP contribution in [0.3, 0.4) is 0 Å². The molecule has 0 amide bonds. The van der Waals surface area contributed by atoms with E-state index in [1.165, 1.54) is 19.3 Å². The van der Waals surface area contributed by atoms with E-state index in [4.69, 9.17) is 9.53 Å². The molecule has 0 saturated carbocycles. The van der Waals surface area contributed by atoms with Gasteiger partial charge in [-0.25, -0.2) is 0 Å². The van der Waals surface area contributed by atoms with Gasteiger partial charge in [0.2, 0.25) is 0 Å². The highest BCUT2D eigenvalue weighted by Crippen LogP contribution is 2.12. The molecule has 0 unspecified atom stereocenters. The van der Waals surface area contributed by atoms with E-state index < -0.39 is 14.3 Å². The van der Waals surface area contributed by atoms with Crippen LogP contribution in [0.1, 0.15) is 83.5 Å². The second kappa shape index (κ2) is 14.6. The van der Waals surface area contributed by atoms with Gasteiger partial charge in [0.1, 0.15) is 5.78 Å². The van der Waals surface area contributed by atoms with E-state index in [0.717, 1.165) is 51.6 Å². The zero-order valence-corrected chi connectivity index (χ0v) is 17.1. The third kappa shape index (κ3) is 19.4. The number of carbonyl (C=O) groups excluding carboxylic acids is 1. The smallest absolute Gasteiger partial charge is 0.303 e. The van der Waals surface area contributed by atoms with Crippen LogP contribution < -0.4 is 0 Å². The molecule has 0 saturated heterocycles. The summed E-state index contributed by atoms with van der Waals surface area (Å²) in [6, 6.07) is 0. The molecule has 0 aliphatic heterocycles. The molecule has 142 valence electrons. The van der Waals surface area contributed by atoms with Crippen molar-refractivity contribution in [3.63, 3.8) is 0 Å². The first-order chi connectivity index (χ1) is 11.3. The topological polar surface area (TPSA) is 63.6 Å². The number of aliphatic carboxylic acids is 1. The summed E-state index contributed by atoms with van der Waals surface area (Å²) in [4.78, 5) is 22.1. The van der Waals surface area contributed by atoms with E-state index >= 15 is 0 Å². The first kappa shape index (κ1) is 23.3. The summed E-state index contributed by atoms with van der Waals surface area (Å²) < 4.78 is 5.83. The number of carboxylic acids is 1. The fourth-order valence-corrected chi connectivity index (χ4v) is 3.34. The molecule has 0 fully saturated rings. The zero-order chi connectivity index (χ0) is 18.3. The van der Waals surface area contributed by atoms with Gasteiger partial charge < -0.3 is 9.53 Å². The lowest BCUT2D eigenvalue weighted by Gasteiger charge is -2.16. The molecule has 0 aromatic heterocycles. The number of ketones is 1. The maximum Gasteiger partial charge on any atom is 0.303 e. The summed E-state index contributed by atoms with van der Waals surface area (Å²) in [6.45, 7) is 7.57. The average Bonchev–Trinajstić information content (AvgIpc) is 2.47. The number of hydrogen-bond donors (Lipinski definition) is 1. The predicted octanol–water partition coefficient (Wildman–Crippen LogP) is 5.56. The molecule has 24 heavy (non-hydrogen) atoms. The van der Waals surface area contributed by atoms with Gasteiger partial charge in [0.25, 0.3) is 0 Å². The highest BCUT2D eigenvalue weighted by Gasteiger charge is 2.12. The third-order valence-electron chi connectivity index (χ3n) is 3.98. The summed E-state index contributed by atoms with van der Waals surface area (Å²) in [5.41, 5.74) is 0. The van der Waals surface area contributed by atoms with Crippen LogP contribution in [0.15, 0.2) is 0 Å². The number of unbranched alkanes of at least 4 members (excludes halogenated alkanes) is 8. The van der Waals surface area contributed by atoms with Crippen LogP contribution in [0.4, 0.5) is 0 Å². The predicted molar refractivity (Wildman–Crippen MR) is 102 cm³/mol. The van der Waals surface area contributed by atoms with Crippen molar-refractivity contribution in [2.75, 3.05) is 6.61 Å². The van der Waals surface area contributed by atoms with Crippen LogP contribution in [-0.2, 0) is 14.0 Å². The maximum atomic E-state index is 11.7.